The molecule has 0 radical (unpaired) electrons. The van der Waals surface area contributed by atoms with E-state index in [4.69, 9.17) is 5.73 Å². The van der Waals surface area contributed by atoms with Crippen LogP contribution in [0.15, 0.2) is 28.9 Å². The minimum atomic E-state index is -0.260. The van der Waals surface area contributed by atoms with Gasteiger partial charge >= 0.3 is 0 Å². The van der Waals surface area contributed by atoms with Crippen LogP contribution in [0.4, 0.5) is 0 Å². The molecular formula is C19H25BrN2O2. The molecule has 130 valence electrons. The molecule has 3 N–H and O–H groups in total. The molecule has 2 aromatic rings. The lowest BCUT2D eigenvalue weighted by Gasteiger charge is -2.23. The lowest BCUT2D eigenvalue weighted by Crippen LogP contribution is -2.28. The molecule has 0 saturated heterocycles. The van der Waals surface area contributed by atoms with Crippen molar-refractivity contribution in [1.29, 1.82) is 0 Å². The number of primary amides is 1. The normalized spacial score (nSPS) is 17.8. The van der Waals surface area contributed by atoms with Gasteiger partial charge in [0.25, 0.3) is 0 Å². The Balaban J connectivity index is 2.11. The summed E-state index contributed by atoms with van der Waals surface area (Å²) in [5.41, 5.74) is 7.90. The van der Waals surface area contributed by atoms with E-state index >= 15 is 0 Å². The highest BCUT2D eigenvalue weighted by molar-refractivity contribution is 9.10. The molecule has 1 unspecified atom stereocenters. The van der Waals surface area contributed by atoms with Gasteiger partial charge in [-0.2, -0.15) is 0 Å². The first-order valence-corrected chi connectivity index (χ1v) is 9.60. The number of halogens is 1. The molecule has 3 rings (SSSR count). The van der Waals surface area contributed by atoms with Crippen LogP contribution in [0.2, 0.25) is 0 Å². The fourth-order valence-corrected chi connectivity index (χ4v) is 4.74. The average molecular weight is 393 g/mol. The van der Waals surface area contributed by atoms with Crippen LogP contribution >= 0.6 is 15.9 Å². The van der Waals surface area contributed by atoms with Gasteiger partial charge in [0.05, 0.1) is 12.5 Å². The summed E-state index contributed by atoms with van der Waals surface area (Å²) in [5, 5.41) is 10.4. The first kappa shape index (κ1) is 17.5. The van der Waals surface area contributed by atoms with E-state index in [1.807, 2.05) is 29.0 Å². The molecule has 1 aliphatic rings. The fraction of sp³-hybridized carbons (Fsp3) is 0.526. The van der Waals surface area contributed by atoms with Crippen molar-refractivity contribution in [2.24, 2.45) is 11.7 Å². The molecule has 0 aliphatic heterocycles. The Morgan fingerprint density at radius 2 is 2.00 bits per heavy atom. The van der Waals surface area contributed by atoms with Crippen molar-refractivity contribution in [3.05, 3.63) is 34.4 Å². The molecule has 1 aromatic heterocycles. The van der Waals surface area contributed by atoms with Crippen molar-refractivity contribution < 1.29 is 9.90 Å². The van der Waals surface area contributed by atoms with Gasteiger partial charge in [0.15, 0.2) is 0 Å². The number of aliphatic hydroxyl groups excluding tert-OH is 1. The molecule has 5 heteroatoms. The highest BCUT2D eigenvalue weighted by Crippen LogP contribution is 2.40. The summed E-state index contributed by atoms with van der Waals surface area (Å²) in [5.74, 6) is -0.185. The first-order valence-electron chi connectivity index (χ1n) is 8.81. The Morgan fingerprint density at radius 3 is 2.62 bits per heavy atom. The van der Waals surface area contributed by atoms with E-state index in [1.54, 1.807) is 0 Å². The molecule has 1 aliphatic carbocycles. The van der Waals surface area contributed by atoms with E-state index in [9.17, 15) is 9.90 Å². The third-order valence-corrected chi connectivity index (χ3v) is 5.90. The largest absolute Gasteiger partial charge is 0.395 e. The number of fused-ring (bicyclic) bond motifs is 1. The fourth-order valence-electron chi connectivity index (χ4n) is 4.15. The second-order valence-corrected chi connectivity index (χ2v) is 7.62. The van der Waals surface area contributed by atoms with Gasteiger partial charge in [-0.15, -0.1) is 0 Å². The van der Waals surface area contributed by atoms with Crippen LogP contribution < -0.4 is 5.73 Å². The van der Waals surface area contributed by atoms with Gasteiger partial charge < -0.3 is 15.4 Å². The number of hydrogen-bond acceptors (Lipinski definition) is 2. The SMILES string of the molecule is NC(=O)C(c1cn(CCO)c2cccc(Br)c12)C1CCCCCC1. The third kappa shape index (κ3) is 3.38. The van der Waals surface area contributed by atoms with Crippen LogP contribution in [0.3, 0.4) is 0 Å². The van der Waals surface area contributed by atoms with Gasteiger partial charge in [-0.05, 0) is 36.5 Å². The Kier molecular flexibility index (Phi) is 5.61. The number of nitrogens with zero attached hydrogens (tertiary/aromatic N) is 1. The Labute approximate surface area is 151 Å². The molecule has 0 bridgehead atoms. The van der Waals surface area contributed by atoms with Gasteiger partial charge in [-0.25, -0.2) is 0 Å². The van der Waals surface area contributed by atoms with E-state index in [2.05, 4.69) is 15.9 Å². The minimum Gasteiger partial charge on any atom is -0.395 e. The number of benzene rings is 1. The van der Waals surface area contributed by atoms with Crippen LogP contribution in [0.5, 0.6) is 0 Å². The zero-order valence-electron chi connectivity index (χ0n) is 13.9. The molecule has 1 saturated carbocycles. The molecule has 1 heterocycles. The van der Waals surface area contributed by atoms with Crippen LogP contribution in [-0.2, 0) is 11.3 Å². The highest BCUT2D eigenvalue weighted by atomic mass is 79.9. The smallest absolute Gasteiger partial charge is 0.225 e. The van der Waals surface area contributed by atoms with Crippen LogP contribution in [-0.4, -0.2) is 22.2 Å². The summed E-state index contributed by atoms with van der Waals surface area (Å²) < 4.78 is 3.01. The number of amides is 1. The van der Waals surface area contributed by atoms with E-state index in [-0.39, 0.29) is 18.4 Å². The quantitative estimate of drug-likeness (QED) is 0.756. The van der Waals surface area contributed by atoms with E-state index in [1.165, 1.54) is 25.7 Å². The number of aromatic nitrogens is 1. The Hall–Kier alpha value is -1.33. The average Bonchev–Trinajstić information content (AvgIpc) is 2.72. The molecule has 1 amide bonds. The zero-order valence-corrected chi connectivity index (χ0v) is 15.5. The van der Waals surface area contributed by atoms with Crippen molar-refractivity contribution in [2.75, 3.05) is 6.61 Å². The van der Waals surface area contributed by atoms with Gasteiger partial charge in [-0.1, -0.05) is 47.7 Å². The molecule has 24 heavy (non-hydrogen) atoms. The van der Waals surface area contributed by atoms with Crippen molar-refractivity contribution in [1.82, 2.24) is 4.57 Å². The number of rotatable bonds is 5. The minimum absolute atomic E-state index is 0.0698. The monoisotopic (exact) mass is 392 g/mol. The lowest BCUT2D eigenvalue weighted by molar-refractivity contribution is -0.120. The second-order valence-electron chi connectivity index (χ2n) is 6.77. The van der Waals surface area contributed by atoms with Crippen LogP contribution in [0.25, 0.3) is 10.9 Å². The van der Waals surface area contributed by atoms with E-state index < -0.39 is 0 Å². The summed E-state index contributed by atoms with van der Waals surface area (Å²) in [6.45, 7) is 0.587. The van der Waals surface area contributed by atoms with Crippen molar-refractivity contribution >= 4 is 32.7 Å². The zero-order chi connectivity index (χ0) is 17.1. The molecule has 1 fully saturated rings. The van der Waals surface area contributed by atoms with Crippen LogP contribution in [0, 0.1) is 5.92 Å². The van der Waals surface area contributed by atoms with Crippen LogP contribution in [0.1, 0.15) is 50.0 Å². The number of carbonyl (C=O) groups is 1. The molecule has 4 nitrogen and oxygen atoms in total. The predicted molar refractivity (Wildman–Crippen MR) is 99.9 cm³/mol. The predicted octanol–water partition coefficient (Wildman–Crippen LogP) is 3.94. The van der Waals surface area contributed by atoms with E-state index in [0.29, 0.717) is 12.5 Å². The van der Waals surface area contributed by atoms with Gasteiger partial charge in [0.1, 0.15) is 0 Å². The molecular weight excluding hydrogens is 368 g/mol. The lowest BCUT2D eigenvalue weighted by atomic mass is 9.81. The summed E-state index contributed by atoms with van der Waals surface area (Å²) in [4.78, 5) is 12.4. The maximum absolute atomic E-state index is 12.4. The number of nitrogens with two attached hydrogens (primary N) is 1. The summed E-state index contributed by atoms with van der Waals surface area (Å²) in [6.07, 6.45) is 8.98. The summed E-state index contributed by atoms with van der Waals surface area (Å²) in [7, 11) is 0. The molecule has 1 aromatic carbocycles. The van der Waals surface area contributed by atoms with E-state index in [0.717, 1.165) is 33.8 Å². The first-order chi connectivity index (χ1) is 11.6. The Morgan fingerprint density at radius 1 is 1.29 bits per heavy atom. The molecule has 0 spiro atoms. The van der Waals surface area contributed by atoms with Crippen molar-refractivity contribution in [3.8, 4) is 0 Å². The van der Waals surface area contributed by atoms with Crippen molar-refractivity contribution in [3.63, 3.8) is 0 Å². The topological polar surface area (TPSA) is 68.2 Å². The molecule has 1 atom stereocenters. The maximum atomic E-state index is 12.4. The second kappa shape index (κ2) is 7.70. The summed E-state index contributed by atoms with van der Waals surface area (Å²) in [6, 6.07) is 6.01. The number of hydrogen-bond donors (Lipinski definition) is 2. The standard InChI is InChI=1S/C19H25BrN2O2/c20-15-8-5-9-16-18(15)14(12-22(16)10-11-23)17(19(21)24)13-6-3-1-2-4-7-13/h5,8-9,12-13,17,23H,1-4,6-7,10-11H2,(H2,21,24). The number of carbonyl (C=O) groups excluding carboxylic acids is 1. The number of aliphatic hydroxyl groups is 1. The summed E-state index contributed by atoms with van der Waals surface area (Å²) >= 11 is 3.64. The Bertz CT molecular complexity index is 717. The van der Waals surface area contributed by atoms with Gasteiger partial charge in [0.2, 0.25) is 5.91 Å². The van der Waals surface area contributed by atoms with Gasteiger partial charge in [0, 0.05) is 28.1 Å². The maximum Gasteiger partial charge on any atom is 0.225 e. The van der Waals surface area contributed by atoms with Crippen molar-refractivity contribution in [2.45, 2.75) is 51.0 Å². The highest BCUT2D eigenvalue weighted by Gasteiger charge is 2.31. The third-order valence-electron chi connectivity index (χ3n) is 5.24. The van der Waals surface area contributed by atoms with Gasteiger partial charge in [-0.3, -0.25) is 4.79 Å².